The molecule has 0 aromatic heterocycles. The first-order valence-corrected chi connectivity index (χ1v) is 8.93. The molecule has 25 heavy (non-hydrogen) atoms. The Hall–Kier alpha value is -2.27. The van der Waals surface area contributed by atoms with E-state index in [0.717, 1.165) is 39.0 Å². The van der Waals surface area contributed by atoms with Gasteiger partial charge in [-0.25, -0.2) is 0 Å². The second-order valence-electron chi connectivity index (χ2n) is 6.64. The molecular weight excluding hydrogens is 314 g/mol. The van der Waals surface area contributed by atoms with Crippen LogP contribution in [-0.2, 0) is 0 Å². The van der Waals surface area contributed by atoms with Gasteiger partial charge in [0.1, 0.15) is 5.75 Å². The Balaban J connectivity index is 1.61. The van der Waals surface area contributed by atoms with Crippen molar-refractivity contribution in [3.8, 4) is 5.75 Å². The molecule has 0 spiro atoms. The fourth-order valence-electron chi connectivity index (χ4n) is 3.49. The Morgan fingerprint density at radius 2 is 1.96 bits per heavy atom. The summed E-state index contributed by atoms with van der Waals surface area (Å²) >= 11 is 0. The predicted octanol–water partition coefficient (Wildman–Crippen LogP) is 2.70. The summed E-state index contributed by atoms with van der Waals surface area (Å²) in [7, 11) is 1.56. The zero-order valence-electron chi connectivity index (χ0n) is 15.1. The van der Waals surface area contributed by atoms with Crippen LogP contribution in [0.25, 0.3) is 0 Å². The van der Waals surface area contributed by atoms with Gasteiger partial charge >= 0.3 is 0 Å². The number of hydrogen-bond acceptors (Lipinski definition) is 4. The molecule has 1 heterocycles. The molecule has 1 saturated heterocycles. The van der Waals surface area contributed by atoms with Gasteiger partial charge < -0.3 is 15.4 Å². The maximum atomic E-state index is 12.7. The molecule has 1 aliphatic heterocycles. The largest absolute Gasteiger partial charge is 0.495 e. The number of benzene rings is 1. The van der Waals surface area contributed by atoms with Crippen LogP contribution in [0.3, 0.4) is 0 Å². The van der Waals surface area contributed by atoms with Gasteiger partial charge in [-0.1, -0.05) is 18.2 Å². The second-order valence-corrected chi connectivity index (χ2v) is 6.64. The van der Waals surface area contributed by atoms with Gasteiger partial charge in [-0.2, -0.15) is 0 Å². The van der Waals surface area contributed by atoms with Gasteiger partial charge in [-0.15, -0.1) is 0 Å². The van der Waals surface area contributed by atoms with E-state index in [-0.39, 0.29) is 5.91 Å². The van der Waals surface area contributed by atoms with E-state index in [1.165, 1.54) is 5.57 Å². The number of rotatable bonds is 4. The Morgan fingerprint density at radius 3 is 2.60 bits per heavy atom. The molecule has 2 aliphatic rings. The summed E-state index contributed by atoms with van der Waals surface area (Å²) < 4.78 is 5.22. The minimum Gasteiger partial charge on any atom is -0.495 e. The Morgan fingerprint density at radius 1 is 1.20 bits per heavy atom. The minimum atomic E-state index is 0.0439. The van der Waals surface area contributed by atoms with E-state index >= 15 is 0 Å². The summed E-state index contributed by atoms with van der Waals surface area (Å²) in [6, 6.07) is 5.63. The number of amides is 1. The molecule has 0 saturated carbocycles. The summed E-state index contributed by atoms with van der Waals surface area (Å²) in [4.78, 5) is 17.1. The molecule has 2 N–H and O–H groups in total. The number of carbonyl (C=O) groups excluding carboxylic acids is 1. The third-order valence-corrected chi connectivity index (χ3v) is 5.14. The van der Waals surface area contributed by atoms with Crippen LogP contribution in [-0.4, -0.2) is 55.0 Å². The van der Waals surface area contributed by atoms with Crippen molar-refractivity contribution in [1.29, 1.82) is 0 Å². The number of allylic oxidation sites excluding steroid dienone is 2. The molecule has 3 rings (SSSR count). The zero-order valence-corrected chi connectivity index (χ0v) is 15.1. The molecule has 5 heteroatoms. The highest BCUT2D eigenvalue weighted by molar-refractivity contribution is 5.95. The molecule has 0 bridgehead atoms. The first-order valence-electron chi connectivity index (χ1n) is 8.93. The van der Waals surface area contributed by atoms with Crippen molar-refractivity contribution in [1.82, 2.24) is 9.80 Å². The van der Waals surface area contributed by atoms with Crippen molar-refractivity contribution < 1.29 is 9.53 Å². The third-order valence-electron chi connectivity index (χ3n) is 5.14. The number of hydrogen-bond donors (Lipinski definition) is 1. The van der Waals surface area contributed by atoms with Gasteiger partial charge in [0.25, 0.3) is 5.91 Å². The van der Waals surface area contributed by atoms with Crippen molar-refractivity contribution in [3.05, 3.63) is 47.6 Å². The minimum absolute atomic E-state index is 0.0439. The summed E-state index contributed by atoms with van der Waals surface area (Å²) in [6.45, 7) is 5.53. The lowest BCUT2D eigenvalue weighted by Gasteiger charge is -2.38. The first kappa shape index (κ1) is 17.5. The number of nitrogens with zero attached hydrogens (tertiary/aromatic N) is 2. The van der Waals surface area contributed by atoms with Crippen LogP contribution in [0, 0.1) is 0 Å². The number of anilines is 1. The lowest BCUT2D eigenvalue weighted by atomic mass is 9.99. The summed E-state index contributed by atoms with van der Waals surface area (Å²) in [5, 5.41) is 0. The maximum absolute atomic E-state index is 12.7. The normalized spacial score (nSPS) is 19.4. The highest BCUT2D eigenvalue weighted by atomic mass is 16.5. The summed E-state index contributed by atoms with van der Waals surface area (Å²) in [5.41, 5.74) is 8.41. The van der Waals surface area contributed by atoms with Crippen LogP contribution in [0.5, 0.6) is 5.75 Å². The monoisotopic (exact) mass is 341 g/mol. The van der Waals surface area contributed by atoms with E-state index < -0.39 is 0 Å². The molecule has 0 radical (unpaired) electrons. The van der Waals surface area contributed by atoms with Gasteiger partial charge in [-0.05, 0) is 43.5 Å². The van der Waals surface area contributed by atoms with Gasteiger partial charge in [0.05, 0.1) is 12.8 Å². The fourth-order valence-corrected chi connectivity index (χ4v) is 3.49. The first-order chi connectivity index (χ1) is 12.1. The molecule has 1 fully saturated rings. The van der Waals surface area contributed by atoms with E-state index in [9.17, 15) is 4.79 Å². The molecule has 1 aliphatic carbocycles. The van der Waals surface area contributed by atoms with E-state index in [0.29, 0.717) is 23.0 Å². The third kappa shape index (κ3) is 3.87. The van der Waals surface area contributed by atoms with Crippen LogP contribution >= 0.6 is 0 Å². The van der Waals surface area contributed by atoms with E-state index in [4.69, 9.17) is 10.5 Å². The summed E-state index contributed by atoms with van der Waals surface area (Å²) in [5.74, 6) is 0.594. The lowest BCUT2D eigenvalue weighted by Crippen LogP contribution is -2.51. The number of nitrogens with two attached hydrogens (primary N) is 1. The molecule has 1 amide bonds. The highest BCUT2D eigenvalue weighted by Crippen LogP contribution is 2.24. The number of carbonyl (C=O) groups is 1. The van der Waals surface area contributed by atoms with Gasteiger partial charge in [0.2, 0.25) is 0 Å². The predicted molar refractivity (Wildman–Crippen MR) is 101 cm³/mol. The SMILES string of the molecule is COc1cc(C(=O)N2CCN(C(C)C3=CCCC=C3)CC2)ccc1N. The smallest absolute Gasteiger partial charge is 0.254 e. The van der Waals surface area contributed by atoms with Crippen molar-refractivity contribution in [2.75, 3.05) is 39.0 Å². The topological polar surface area (TPSA) is 58.8 Å². The van der Waals surface area contributed by atoms with Crippen LogP contribution in [0.4, 0.5) is 5.69 Å². The molecule has 1 unspecified atom stereocenters. The molecule has 5 nitrogen and oxygen atoms in total. The lowest BCUT2D eigenvalue weighted by molar-refractivity contribution is 0.0607. The van der Waals surface area contributed by atoms with Crippen molar-refractivity contribution >= 4 is 11.6 Å². The van der Waals surface area contributed by atoms with E-state index in [2.05, 4.69) is 30.1 Å². The van der Waals surface area contributed by atoms with Crippen LogP contribution < -0.4 is 10.5 Å². The van der Waals surface area contributed by atoms with Crippen molar-refractivity contribution in [2.24, 2.45) is 0 Å². The Kier molecular flexibility index (Phi) is 5.43. The number of nitrogen functional groups attached to an aromatic ring is 1. The molecule has 134 valence electrons. The standard InChI is InChI=1S/C20H27N3O2/c1-15(16-6-4-3-5-7-16)22-10-12-23(13-11-22)20(24)17-8-9-18(21)19(14-17)25-2/h4,6-9,14-15H,3,5,10-13,21H2,1-2H3. The van der Waals surface area contributed by atoms with Crippen molar-refractivity contribution in [3.63, 3.8) is 0 Å². The highest BCUT2D eigenvalue weighted by Gasteiger charge is 2.26. The Bertz CT molecular complexity index is 688. The molecule has 1 atom stereocenters. The molecule has 1 aromatic rings. The van der Waals surface area contributed by atoms with Crippen LogP contribution in [0.1, 0.15) is 30.1 Å². The fraction of sp³-hybridized carbons (Fsp3) is 0.450. The maximum Gasteiger partial charge on any atom is 0.254 e. The van der Waals surface area contributed by atoms with Gasteiger partial charge in [0.15, 0.2) is 0 Å². The van der Waals surface area contributed by atoms with E-state index in [1.54, 1.807) is 25.3 Å². The average Bonchev–Trinajstić information content (AvgIpc) is 2.68. The number of piperazine rings is 1. The number of methoxy groups -OCH3 is 1. The van der Waals surface area contributed by atoms with E-state index in [1.807, 2.05) is 4.90 Å². The summed E-state index contributed by atoms with van der Waals surface area (Å²) in [6.07, 6.45) is 9.10. The van der Waals surface area contributed by atoms with Gasteiger partial charge in [0, 0.05) is 37.8 Å². The Labute approximate surface area is 149 Å². The van der Waals surface area contributed by atoms with Crippen LogP contribution in [0.2, 0.25) is 0 Å². The van der Waals surface area contributed by atoms with Crippen molar-refractivity contribution in [2.45, 2.75) is 25.8 Å². The molecular formula is C20H27N3O2. The quantitative estimate of drug-likeness (QED) is 0.856. The average molecular weight is 341 g/mol. The second kappa shape index (κ2) is 7.74. The zero-order chi connectivity index (χ0) is 17.8. The van der Waals surface area contributed by atoms with Crippen LogP contribution in [0.15, 0.2) is 42.0 Å². The number of ether oxygens (including phenoxy) is 1. The van der Waals surface area contributed by atoms with Gasteiger partial charge in [-0.3, -0.25) is 9.69 Å². The molecule has 1 aromatic carbocycles.